The van der Waals surface area contributed by atoms with Crippen molar-refractivity contribution in [2.75, 3.05) is 16.8 Å². The number of nitriles is 1. The van der Waals surface area contributed by atoms with Gasteiger partial charge in [0.25, 0.3) is 0 Å². The minimum absolute atomic E-state index is 0.204. The number of benzene rings is 1. The topological polar surface area (TPSA) is 74.0 Å². The number of carbonyl (C=O) groups excluding carboxylic acids is 1. The van der Waals surface area contributed by atoms with Gasteiger partial charge in [-0.15, -0.1) is 0 Å². The fourth-order valence-corrected chi connectivity index (χ4v) is 2.79. The predicted octanol–water partition coefficient (Wildman–Crippen LogP) is 2.42. The number of carbonyl (C=O) groups is 1. The first kappa shape index (κ1) is 15.1. The molecule has 1 saturated heterocycles. The molecule has 1 fully saturated rings. The molecule has 1 amide bonds. The van der Waals surface area contributed by atoms with Crippen LogP contribution < -0.4 is 10.2 Å². The molecule has 0 spiro atoms. The third-order valence-electron chi connectivity index (χ3n) is 4.09. The molecule has 118 valence electrons. The lowest BCUT2D eigenvalue weighted by atomic mass is 10.1. The first-order valence-electron chi connectivity index (χ1n) is 7.74. The van der Waals surface area contributed by atoms with E-state index in [1.807, 2.05) is 29.2 Å². The van der Waals surface area contributed by atoms with Crippen LogP contribution in [0.1, 0.15) is 30.4 Å². The van der Waals surface area contributed by atoms with Crippen LogP contribution in [0.4, 0.5) is 11.5 Å². The molecule has 3 rings (SSSR count). The second-order valence-corrected chi connectivity index (χ2v) is 5.66. The maximum Gasteiger partial charge on any atom is 0.226 e. The van der Waals surface area contributed by atoms with Gasteiger partial charge < -0.3 is 10.2 Å². The molecule has 1 N–H and O–H groups in total. The lowest BCUT2D eigenvalue weighted by Gasteiger charge is -2.26. The van der Waals surface area contributed by atoms with Gasteiger partial charge in [-0.3, -0.25) is 9.48 Å². The molecule has 0 bridgehead atoms. The quantitative estimate of drug-likeness (QED) is 0.941. The average Bonchev–Trinajstić information content (AvgIpc) is 2.94. The maximum absolute atomic E-state index is 11.9. The van der Waals surface area contributed by atoms with Crippen molar-refractivity contribution in [2.24, 2.45) is 7.05 Å². The predicted molar refractivity (Wildman–Crippen MR) is 87.9 cm³/mol. The van der Waals surface area contributed by atoms with Crippen molar-refractivity contribution in [1.29, 1.82) is 5.26 Å². The average molecular weight is 309 g/mol. The number of aryl methyl sites for hydroxylation is 1. The highest BCUT2D eigenvalue weighted by molar-refractivity contribution is 5.93. The lowest BCUT2D eigenvalue weighted by Crippen LogP contribution is -2.35. The van der Waals surface area contributed by atoms with E-state index in [0.717, 1.165) is 30.6 Å². The molecule has 0 radical (unpaired) electrons. The number of amides is 1. The van der Waals surface area contributed by atoms with Crippen LogP contribution in [-0.4, -0.2) is 22.2 Å². The van der Waals surface area contributed by atoms with Crippen molar-refractivity contribution in [1.82, 2.24) is 9.78 Å². The summed E-state index contributed by atoms with van der Waals surface area (Å²) in [5.74, 6) is 0.915. The van der Waals surface area contributed by atoms with Crippen molar-refractivity contribution < 1.29 is 4.79 Å². The van der Waals surface area contributed by atoms with Gasteiger partial charge in [0, 0.05) is 32.2 Å². The Morgan fingerprint density at radius 1 is 1.30 bits per heavy atom. The molecule has 23 heavy (non-hydrogen) atoms. The molecular weight excluding hydrogens is 290 g/mol. The van der Waals surface area contributed by atoms with E-state index in [1.165, 1.54) is 0 Å². The van der Waals surface area contributed by atoms with Crippen molar-refractivity contribution in [3.8, 4) is 6.07 Å². The van der Waals surface area contributed by atoms with Crippen molar-refractivity contribution in [3.63, 3.8) is 0 Å². The van der Waals surface area contributed by atoms with Crippen molar-refractivity contribution in [3.05, 3.63) is 41.6 Å². The first-order valence-corrected chi connectivity index (χ1v) is 7.74. The SMILES string of the molecule is Cn1ncc(C#N)c1NCc1ccc(N2CCCCC2=O)cc1. The van der Waals surface area contributed by atoms with E-state index in [1.54, 1.807) is 17.9 Å². The van der Waals surface area contributed by atoms with E-state index in [4.69, 9.17) is 5.26 Å². The molecule has 0 saturated carbocycles. The smallest absolute Gasteiger partial charge is 0.226 e. The van der Waals surface area contributed by atoms with Gasteiger partial charge in [-0.25, -0.2) is 0 Å². The maximum atomic E-state index is 11.9. The molecule has 0 unspecified atom stereocenters. The molecule has 6 nitrogen and oxygen atoms in total. The van der Waals surface area contributed by atoms with Gasteiger partial charge in [0.1, 0.15) is 17.5 Å². The van der Waals surface area contributed by atoms with Crippen molar-refractivity contribution in [2.45, 2.75) is 25.8 Å². The molecule has 0 aliphatic carbocycles. The molecule has 2 heterocycles. The van der Waals surface area contributed by atoms with Crippen LogP contribution in [0.15, 0.2) is 30.5 Å². The van der Waals surface area contributed by atoms with Gasteiger partial charge in [-0.05, 0) is 30.5 Å². The van der Waals surface area contributed by atoms with Gasteiger partial charge in [0.15, 0.2) is 0 Å². The Balaban J connectivity index is 1.67. The fourth-order valence-electron chi connectivity index (χ4n) is 2.79. The highest BCUT2D eigenvalue weighted by Gasteiger charge is 2.19. The number of aromatic nitrogens is 2. The summed E-state index contributed by atoms with van der Waals surface area (Å²) in [7, 11) is 1.80. The Kier molecular flexibility index (Phi) is 4.29. The number of hydrogen-bond donors (Lipinski definition) is 1. The summed E-state index contributed by atoms with van der Waals surface area (Å²) in [5, 5.41) is 16.4. The fraction of sp³-hybridized carbons (Fsp3) is 0.353. The molecule has 1 aromatic heterocycles. The molecule has 1 aromatic carbocycles. The van der Waals surface area contributed by atoms with Crippen LogP contribution in [0.25, 0.3) is 0 Å². The number of piperidine rings is 1. The lowest BCUT2D eigenvalue weighted by molar-refractivity contribution is -0.119. The zero-order chi connectivity index (χ0) is 16.2. The number of anilines is 2. The van der Waals surface area contributed by atoms with Gasteiger partial charge in [0.05, 0.1) is 6.20 Å². The monoisotopic (exact) mass is 309 g/mol. The zero-order valence-corrected chi connectivity index (χ0v) is 13.1. The third-order valence-corrected chi connectivity index (χ3v) is 4.09. The number of nitrogens with one attached hydrogen (secondary N) is 1. The summed E-state index contributed by atoms with van der Waals surface area (Å²) < 4.78 is 1.65. The second-order valence-electron chi connectivity index (χ2n) is 5.66. The highest BCUT2D eigenvalue weighted by Crippen LogP contribution is 2.22. The van der Waals surface area contributed by atoms with E-state index in [0.29, 0.717) is 24.3 Å². The van der Waals surface area contributed by atoms with E-state index < -0.39 is 0 Å². The summed E-state index contributed by atoms with van der Waals surface area (Å²) in [4.78, 5) is 13.8. The van der Waals surface area contributed by atoms with Crippen LogP contribution in [0.2, 0.25) is 0 Å². The van der Waals surface area contributed by atoms with Gasteiger partial charge >= 0.3 is 0 Å². The third kappa shape index (κ3) is 3.19. The van der Waals surface area contributed by atoms with E-state index in [2.05, 4.69) is 16.5 Å². The van der Waals surface area contributed by atoms with Gasteiger partial charge in [0.2, 0.25) is 5.91 Å². The highest BCUT2D eigenvalue weighted by atomic mass is 16.2. The van der Waals surface area contributed by atoms with Gasteiger partial charge in [-0.2, -0.15) is 10.4 Å². The number of rotatable bonds is 4. The summed E-state index contributed by atoms with van der Waals surface area (Å²) >= 11 is 0. The summed E-state index contributed by atoms with van der Waals surface area (Å²) in [6, 6.07) is 10.1. The van der Waals surface area contributed by atoms with E-state index in [9.17, 15) is 4.79 Å². The van der Waals surface area contributed by atoms with E-state index in [-0.39, 0.29) is 5.91 Å². The molecule has 2 aromatic rings. The van der Waals surface area contributed by atoms with Crippen LogP contribution in [0, 0.1) is 11.3 Å². The molecule has 6 heteroatoms. The normalized spacial score (nSPS) is 14.6. The van der Waals surface area contributed by atoms with Crippen LogP contribution in [-0.2, 0) is 18.4 Å². The second kappa shape index (κ2) is 6.53. The molecular formula is C17H19N5O. The van der Waals surface area contributed by atoms with Gasteiger partial charge in [-0.1, -0.05) is 12.1 Å². The Morgan fingerprint density at radius 2 is 2.09 bits per heavy atom. The Labute approximate surface area is 135 Å². The van der Waals surface area contributed by atoms with Crippen molar-refractivity contribution >= 4 is 17.4 Å². The van der Waals surface area contributed by atoms with E-state index >= 15 is 0 Å². The summed E-state index contributed by atoms with van der Waals surface area (Å²) in [5.41, 5.74) is 2.57. The minimum Gasteiger partial charge on any atom is -0.365 e. The Bertz CT molecular complexity index is 741. The number of hydrogen-bond acceptors (Lipinski definition) is 4. The number of nitrogens with zero attached hydrogens (tertiary/aromatic N) is 4. The van der Waals surface area contributed by atoms with Crippen LogP contribution in [0.3, 0.4) is 0 Å². The molecule has 1 aliphatic heterocycles. The standard InChI is InChI=1S/C17H19N5O/c1-21-17(14(10-18)12-20-21)19-11-13-5-7-15(8-6-13)22-9-3-2-4-16(22)23/h5-8,12,19H,2-4,9,11H2,1H3. The largest absolute Gasteiger partial charge is 0.365 e. The minimum atomic E-state index is 0.204. The first-order chi connectivity index (χ1) is 11.2. The summed E-state index contributed by atoms with van der Waals surface area (Å²) in [6.45, 7) is 1.40. The zero-order valence-electron chi connectivity index (χ0n) is 13.1. The summed E-state index contributed by atoms with van der Waals surface area (Å²) in [6.07, 6.45) is 4.24. The van der Waals surface area contributed by atoms with Crippen LogP contribution >= 0.6 is 0 Å². The van der Waals surface area contributed by atoms with Crippen LogP contribution in [0.5, 0.6) is 0 Å². The molecule has 1 aliphatic rings. The Hall–Kier alpha value is -2.81. The Morgan fingerprint density at radius 3 is 2.78 bits per heavy atom. The molecule has 0 atom stereocenters.